The minimum absolute atomic E-state index is 0.0259. The Morgan fingerprint density at radius 3 is 2.89 bits per heavy atom. The van der Waals surface area contributed by atoms with Crippen molar-refractivity contribution in [2.24, 2.45) is 0 Å². The quantitative estimate of drug-likeness (QED) is 0.276. The number of hydrogen-bond acceptors (Lipinski definition) is 9. The Balaban J connectivity index is 1.45. The largest absolute Gasteiger partial charge is 0.492 e. The number of non-ortho nitro benzene ring substituents is 1. The van der Waals surface area contributed by atoms with Crippen molar-refractivity contribution >= 4 is 11.7 Å². The molecule has 182 valence electrons. The molecular formula is C25H24N2O8. The molecular weight excluding hydrogens is 456 g/mol. The van der Waals surface area contributed by atoms with Crippen LogP contribution in [0.4, 0.5) is 5.69 Å². The van der Waals surface area contributed by atoms with Gasteiger partial charge < -0.3 is 23.7 Å². The summed E-state index contributed by atoms with van der Waals surface area (Å²) < 4.78 is 28.9. The third-order valence-electron chi connectivity index (χ3n) is 7.57. The number of hydrogen-bond donors (Lipinski definition) is 0. The third kappa shape index (κ3) is 3.13. The Morgan fingerprint density at radius 1 is 1.26 bits per heavy atom. The number of carbonyl (C=O) groups is 1. The number of nitro benzene ring substituents is 1. The van der Waals surface area contributed by atoms with Gasteiger partial charge in [-0.25, -0.2) is 4.79 Å². The van der Waals surface area contributed by atoms with E-state index in [2.05, 4.69) is 11.0 Å². The summed E-state index contributed by atoms with van der Waals surface area (Å²) in [6.07, 6.45) is 4.24. The lowest BCUT2D eigenvalue weighted by Gasteiger charge is -2.46. The number of benzene rings is 2. The topological polar surface area (TPSA) is 110 Å². The minimum atomic E-state index is -0.659. The second-order valence-electron chi connectivity index (χ2n) is 9.12. The lowest BCUT2D eigenvalue weighted by atomic mass is 9.65. The van der Waals surface area contributed by atoms with E-state index in [9.17, 15) is 14.9 Å². The van der Waals surface area contributed by atoms with Gasteiger partial charge in [0.1, 0.15) is 6.10 Å². The smallest absolute Gasteiger partial charge is 0.338 e. The highest BCUT2D eigenvalue weighted by atomic mass is 16.7. The molecule has 6 rings (SSSR count). The SMILES string of the molecule is COc1c2c(cc3c1OCO3)[C@]13C=C[C@H](OC)C[C@@H]1N(C2)C[C@H]3OC(=O)c1cccc([N+](=O)[O-])c1. The minimum Gasteiger partial charge on any atom is -0.492 e. The Morgan fingerprint density at radius 2 is 2.11 bits per heavy atom. The Bertz CT molecular complexity index is 1260. The van der Waals surface area contributed by atoms with Crippen molar-refractivity contribution in [1.82, 2.24) is 4.90 Å². The van der Waals surface area contributed by atoms with Crippen LogP contribution in [0.25, 0.3) is 0 Å². The molecule has 10 heteroatoms. The van der Waals surface area contributed by atoms with Gasteiger partial charge in [-0.1, -0.05) is 18.2 Å². The number of nitrogens with zero attached hydrogens (tertiary/aromatic N) is 2. The van der Waals surface area contributed by atoms with Crippen LogP contribution in [0.3, 0.4) is 0 Å². The monoisotopic (exact) mass is 480 g/mol. The Hall–Kier alpha value is -3.63. The summed E-state index contributed by atoms with van der Waals surface area (Å²) in [7, 11) is 3.29. The van der Waals surface area contributed by atoms with Crippen LogP contribution in [-0.4, -0.2) is 61.6 Å². The van der Waals surface area contributed by atoms with Gasteiger partial charge in [-0.15, -0.1) is 0 Å². The average molecular weight is 480 g/mol. The molecule has 0 amide bonds. The zero-order valence-corrected chi connectivity index (χ0v) is 19.3. The molecule has 0 N–H and O–H groups in total. The fraction of sp³-hybridized carbons (Fsp3) is 0.400. The zero-order chi connectivity index (χ0) is 24.3. The van der Waals surface area contributed by atoms with E-state index in [0.29, 0.717) is 30.3 Å². The lowest BCUT2D eigenvalue weighted by Crippen LogP contribution is -2.53. The van der Waals surface area contributed by atoms with Gasteiger partial charge in [0.2, 0.25) is 12.5 Å². The van der Waals surface area contributed by atoms with Gasteiger partial charge in [0, 0.05) is 43.9 Å². The molecule has 3 aliphatic heterocycles. The normalized spacial score (nSPS) is 29.3. The number of nitro groups is 1. The average Bonchev–Trinajstić information content (AvgIpc) is 3.43. The molecule has 4 aliphatic rings. The number of esters is 1. The number of methoxy groups -OCH3 is 2. The fourth-order valence-corrected chi connectivity index (χ4v) is 6.02. The fourth-order valence-electron chi connectivity index (χ4n) is 6.02. The molecule has 0 saturated carbocycles. The molecule has 0 spiro atoms. The van der Waals surface area contributed by atoms with Gasteiger partial charge in [-0.05, 0) is 24.1 Å². The van der Waals surface area contributed by atoms with Crippen molar-refractivity contribution in [2.45, 2.75) is 36.6 Å². The van der Waals surface area contributed by atoms with Crippen molar-refractivity contribution in [1.29, 1.82) is 0 Å². The molecule has 3 heterocycles. The first-order valence-electron chi connectivity index (χ1n) is 11.4. The van der Waals surface area contributed by atoms with Gasteiger partial charge in [-0.2, -0.15) is 0 Å². The molecule has 0 aromatic heterocycles. The summed E-state index contributed by atoms with van der Waals surface area (Å²) in [6.45, 7) is 1.20. The van der Waals surface area contributed by atoms with Gasteiger partial charge >= 0.3 is 5.97 Å². The number of carbonyl (C=O) groups excluding carboxylic acids is 1. The Labute approximate surface area is 201 Å². The van der Waals surface area contributed by atoms with Crippen LogP contribution in [-0.2, 0) is 21.4 Å². The van der Waals surface area contributed by atoms with Crippen LogP contribution in [0, 0.1) is 10.1 Å². The molecule has 1 aliphatic carbocycles. The highest BCUT2D eigenvalue weighted by Gasteiger charge is 2.61. The summed E-state index contributed by atoms with van der Waals surface area (Å²) >= 11 is 0. The summed E-state index contributed by atoms with van der Waals surface area (Å²) in [5, 5.41) is 11.2. The zero-order valence-electron chi connectivity index (χ0n) is 19.3. The van der Waals surface area contributed by atoms with Crippen molar-refractivity contribution in [2.75, 3.05) is 27.6 Å². The summed E-state index contributed by atoms with van der Waals surface area (Å²) in [4.78, 5) is 26.2. The van der Waals surface area contributed by atoms with Crippen molar-refractivity contribution in [3.05, 3.63) is 69.3 Å². The van der Waals surface area contributed by atoms with E-state index in [-0.39, 0.29) is 30.2 Å². The predicted molar refractivity (Wildman–Crippen MR) is 122 cm³/mol. The van der Waals surface area contributed by atoms with Crippen LogP contribution < -0.4 is 14.2 Å². The van der Waals surface area contributed by atoms with Crippen LogP contribution in [0.5, 0.6) is 17.2 Å². The lowest BCUT2D eigenvalue weighted by molar-refractivity contribution is -0.384. The van der Waals surface area contributed by atoms with Crippen molar-refractivity contribution < 1.29 is 33.4 Å². The molecule has 2 aromatic rings. The first-order valence-corrected chi connectivity index (χ1v) is 11.4. The van der Waals surface area contributed by atoms with E-state index in [1.807, 2.05) is 12.1 Å². The van der Waals surface area contributed by atoms with Gasteiger partial charge in [0.05, 0.1) is 29.1 Å². The van der Waals surface area contributed by atoms with E-state index in [1.165, 1.54) is 24.3 Å². The second kappa shape index (κ2) is 7.96. The third-order valence-corrected chi connectivity index (χ3v) is 7.57. The van der Waals surface area contributed by atoms with Crippen LogP contribution in [0.15, 0.2) is 42.5 Å². The van der Waals surface area contributed by atoms with E-state index < -0.39 is 22.4 Å². The highest BCUT2D eigenvalue weighted by Crippen LogP contribution is 2.58. The van der Waals surface area contributed by atoms with Crippen LogP contribution in [0.1, 0.15) is 27.9 Å². The molecule has 0 radical (unpaired) electrons. The van der Waals surface area contributed by atoms with Gasteiger partial charge in [0.25, 0.3) is 5.69 Å². The second-order valence-corrected chi connectivity index (χ2v) is 9.12. The van der Waals surface area contributed by atoms with Crippen molar-refractivity contribution in [3.63, 3.8) is 0 Å². The molecule has 2 aromatic carbocycles. The molecule has 1 fully saturated rings. The maximum atomic E-state index is 13.2. The summed E-state index contributed by atoms with van der Waals surface area (Å²) in [5.74, 6) is 1.21. The molecule has 1 saturated heterocycles. The molecule has 1 unspecified atom stereocenters. The summed E-state index contributed by atoms with van der Waals surface area (Å²) in [5.41, 5.74) is 1.27. The molecule has 10 nitrogen and oxygen atoms in total. The first kappa shape index (κ1) is 21.9. The molecule has 2 bridgehead atoms. The van der Waals surface area contributed by atoms with E-state index >= 15 is 0 Å². The number of rotatable bonds is 5. The number of ether oxygens (including phenoxy) is 5. The van der Waals surface area contributed by atoms with Crippen LogP contribution >= 0.6 is 0 Å². The first-order chi connectivity index (χ1) is 17.0. The van der Waals surface area contributed by atoms with E-state index in [0.717, 1.165) is 17.5 Å². The molecule has 5 atom stereocenters. The van der Waals surface area contributed by atoms with Gasteiger partial charge in [-0.3, -0.25) is 15.0 Å². The number of fused-ring (bicyclic) bond motifs is 2. The van der Waals surface area contributed by atoms with E-state index in [4.69, 9.17) is 23.7 Å². The van der Waals surface area contributed by atoms with E-state index in [1.54, 1.807) is 14.2 Å². The standard InChI is InChI=1S/C25H24N2O8/c1-31-16-6-7-25-18-10-19-23(34-13-33-19)22(32-2)17(18)11-26(20(25)9-16)12-21(25)35-24(28)14-4-3-5-15(8-14)27(29)30/h3-8,10,16,20-21H,9,11-13H2,1-2H3/t16-,20-,21+,25+/m0/s1. The summed E-state index contributed by atoms with van der Waals surface area (Å²) in [6, 6.07) is 7.60. The van der Waals surface area contributed by atoms with Crippen molar-refractivity contribution in [3.8, 4) is 17.2 Å². The molecule has 35 heavy (non-hydrogen) atoms. The van der Waals surface area contributed by atoms with Crippen LogP contribution in [0.2, 0.25) is 0 Å². The predicted octanol–water partition coefficient (Wildman–Crippen LogP) is 2.97. The maximum absolute atomic E-state index is 13.2. The maximum Gasteiger partial charge on any atom is 0.338 e. The van der Waals surface area contributed by atoms with Gasteiger partial charge in [0.15, 0.2) is 11.5 Å². The Kier molecular flexibility index (Phi) is 4.97. The highest BCUT2D eigenvalue weighted by molar-refractivity contribution is 5.90.